The lowest BCUT2D eigenvalue weighted by molar-refractivity contribution is 0.300. The molecular formula is C12H14ClN3O. The van der Waals surface area contributed by atoms with Gasteiger partial charge in [-0.1, -0.05) is 34.0 Å². The van der Waals surface area contributed by atoms with Crippen molar-refractivity contribution in [2.24, 2.45) is 0 Å². The van der Waals surface area contributed by atoms with Gasteiger partial charge in [-0.2, -0.15) is 0 Å². The molecule has 1 aromatic carbocycles. The van der Waals surface area contributed by atoms with E-state index in [0.29, 0.717) is 6.54 Å². The van der Waals surface area contributed by atoms with Crippen LogP contribution in [0.3, 0.4) is 0 Å². The molecule has 0 aliphatic carbocycles. The Labute approximate surface area is 105 Å². The molecule has 0 radical (unpaired) electrons. The first-order valence-corrected chi connectivity index (χ1v) is 5.81. The average Bonchev–Trinajstić information content (AvgIpc) is 2.73. The van der Waals surface area contributed by atoms with Crippen molar-refractivity contribution in [1.82, 2.24) is 15.6 Å². The quantitative estimate of drug-likeness (QED) is 0.908. The summed E-state index contributed by atoms with van der Waals surface area (Å²) in [4.78, 5) is 0. The smallest absolute Gasteiger partial charge is 0.121 e. The number of rotatable bonds is 4. The van der Waals surface area contributed by atoms with E-state index in [-0.39, 0.29) is 6.04 Å². The Morgan fingerprint density at radius 3 is 2.59 bits per heavy atom. The van der Waals surface area contributed by atoms with Gasteiger partial charge in [-0.15, -0.1) is 0 Å². The van der Waals surface area contributed by atoms with Gasteiger partial charge in [0, 0.05) is 17.6 Å². The summed E-state index contributed by atoms with van der Waals surface area (Å²) in [7, 11) is 0. The molecular weight excluding hydrogens is 238 g/mol. The Hall–Kier alpha value is -1.39. The molecule has 0 saturated carbocycles. The number of benzene rings is 1. The van der Waals surface area contributed by atoms with Gasteiger partial charge in [0.15, 0.2) is 0 Å². The molecule has 5 heteroatoms. The topological polar surface area (TPSA) is 51.0 Å². The van der Waals surface area contributed by atoms with Gasteiger partial charge in [-0.3, -0.25) is 0 Å². The van der Waals surface area contributed by atoms with E-state index < -0.39 is 0 Å². The predicted molar refractivity (Wildman–Crippen MR) is 65.7 cm³/mol. The van der Waals surface area contributed by atoms with Crippen LogP contribution in [-0.4, -0.2) is 10.3 Å². The standard InChI is InChI=1S/C12H14ClN3O/c1-8(10-3-5-11(13)6-4-10)14-7-12-9(2)15-17-16-12/h3-6,8,14H,7H2,1-2H3. The van der Waals surface area contributed by atoms with Crippen molar-refractivity contribution in [3.63, 3.8) is 0 Å². The third kappa shape index (κ3) is 3.05. The highest BCUT2D eigenvalue weighted by molar-refractivity contribution is 6.30. The van der Waals surface area contributed by atoms with Crippen LogP contribution in [0.2, 0.25) is 5.02 Å². The zero-order valence-electron chi connectivity index (χ0n) is 9.77. The number of nitrogens with zero attached hydrogens (tertiary/aromatic N) is 2. The maximum absolute atomic E-state index is 5.84. The fourth-order valence-electron chi connectivity index (χ4n) is 1.53. The summed E-state index contributed by atoms with van der Waals surface area (Å²) in [5.74, 6) is 0. The van der Waals surface area contributed by atoms with Crippen molar-refractivity contribution in [3.05, 3.63) is 46.2 Å². The lowest BCUT2D eigenvalue weighted by Gasteiger charge is -2.13. The van der Waals surface area contributed by atoms with E-state index in [2.05, 4.69) is 27.2 Å². The molecule has 4 nitrogen and oxygen atoms in total. The highest BCUT2D eigenvalue weighted by Gasteiger charge is 2.08. The van der Waals surface area contributed by atoms with Crippen LogP contribution in [0.4, 0.5) is 0 Å². The Kier molecular flexibility index (Phi) is 3.76. The van der Waals surface area contributed by atoms with Crippen LogP contribution in [0.15, 0.2) is 28.9 Å². The van der Waals surface area contributed by atoms with E-state index in [1.54, 1.807) is 0 Å². The number of aromatic nitrogens is 2. The Bertz CT molecular complexity index is 481. The van der Waals surface area contributed by atoms with Gasteiger partial charge in [-0.05, 0) is 31.5 Å². The molecule has 90 valence electrons. The summed E-state index contributed by atoms with van der Waals surface area (Å²) >= 11 is 5.84. The number of halogens is 1. The fourth-order valence-corrected chi connectivity index (χ4v) is 1.65. The summed E-state index contributed by atoms with van der Waals surface area (Å²) in [5, 5.41) is 11.7. The number of hydrogen-bond acceptors (Lipinski definition) is 4. The minimum absolute atomic E-state index is 0.225. The summed E-state index contributed by atoms with van der Waals surface area (Å²) in [5.41, 5.74) is 2.84. The molecule has 0 aliphatic heterocycles. The summed E-state index contributed by atoms with van der Waals surface area (Å²) < 4.78 is 4.64. The van der Waals surface area contributed by atoms with Crippen LogP contribution in [0.25, 0.3) is 0 Å². The minimum atomic E-state index is 0.225. The van der Waals surface area contributed by atoms with Crippen molar-refractivity contribution in [2.75, 3.05) is 0 Å². The van der Waals surface area contributed by atoms with Gasteiger partial charge in [0.2, 0.25) is 0 Å². The van der Waals surface area contributed by atoms with E-state index in [1.807, 2.05) is 31.2 Å². The van der Waals surface area contributed by atoms with Crippen molar-refractivity contribution >= 4 is 11.6 Å². The summed E-state index contributed by atoms with van der Waals surface area (Å²) in [6, 6.07) is 8.01. The maximum atomic E-state index is 5.84. The van der Waals surface area contributed by atoms with Gasteiger partial charge < -0.3 is 5.32 Å². The van der Waals surface area contributed by atoms with Crippen molar-refractivity contribution in [3.8, 4) is 0 Å². The molecule has 17 heavy (non-hydrogen) atoms. The van der Waals surface area contributed by atoms with Gasteiger partial charge in [0.05, 0.1) is 0 Å². The molecule has 0 amide bonds. The van der Waals surface area contributed by atoms with E-state index >= 15 is 0 Å². The molecule has 1 N–H and O–H groups in total. The Balaban J connectivity index is 1.95. The average molecular weight is 252 g/mol. The molecule has 2 aromatic rings. The normalized spacial score (nSPS) is 12.6. The summed E-state index contributed by atoms with van der Waals surface area (Å²) in [6.07, 6.45) is 0. The Morgan fingerprint density at radius 2 is 2.00 bits per heavy atom. The van der Waals surface area contributed by atoms with Crippen molar-refractivity contribution in [1.29, 1.82) is 0 Å². The summed E-state index contributed by atoms with van der Waals surface area (Å²) in [6.45, 7) is 4.60. The number of nitrogens with one attached hydrogen (secondary N) is 1. The molecule has 1 aromatic heterocycles. The second-order valence-corrected chi connectivity index (χ2v) is 4.39. The van der Waals surface area contributed by atoms with Crippen LogP contribution >= 0.6 is 11.6 Å². The van der Waals surface area contributed by atoms with E-state index in [0.717, 1.165) is 16.4 Å². The third-order valence-electron chi connectivity index (χ3n) is 2.69. The van der Waals surface area contributed by atoms with Crippen LogP contribution < -0.4 is 5.32 Å². The van der Waals surface area contributed by atoms with Gasteiger partial charge in [-0.25, -0.2) is 4.63 Å². The van der Waals surface area contributed by atoms with E-state index in [4.69, 9.17) is 11.6 Å². The second-order valence-electron chi connectivity index (χ2n) is 3.95. The lowest BCUT2D eigenvalue weighted by atomic mass is 10.1. The fraction of sp³-hybridized carbons (Fsp3) is 0.333. The van der Waals surface area contributed by atoms with Gasteiger partial charge in [0.25, 0.3) is 0 Å². The third-order valence-corrected chi connectivity index (χ3v) is 2.94. The largest absolute Gasteiger partial charge is 0.304 e. The van der Waals surface area contributed by atoms with Gasteiger partial charge >= 0.3 is 0 Å². The highest BCUT2D eigenvalue weighted by atomic mass is 35.5. The maximum Gasteiger partial charge on any atom is 0.121 e. The zero-order valence-corrected chi connectivity index (χ0v) is 10.5. The first-order valence-electron chi connectivity index (χ1n) is 5.43. The highest BCUT2D eigenvalue weighted by Crippen LogP contribution is 2.16. The minimum Gasteiger partial charge on any atom is -0.304 e. The van der Waals surface area contributed by atoms with Crippen LogP contribution in [0.5, 0.6) is 0 Å². The molecule has 0 aliphatic rings. The molecule has 0 saturated heterocycles. The Morgan fingerprint density at radius 1 is 1.29 bits per heavy atom. The van der Waals surface area contributed by atoms with Crippen LogP contribution in [-0.2, 0) is 6.54 Å². The lowest BCUT2D eigenvalue weighted by Crippen LogP contribution is -2.18. The first kappa shape index (κ1) is 12.1. The molecule has 0 fully saturated rings. The monoisotopic (exact) mass is 251 g/mol. The first-order chi connectivity index (χ1) is 8.16. The van der Waals surface area contributed by atoms with Crippen LogP contribution in [0, 0.1) is 6.92 Å². The molecule has 0 bridgehead atoms. The number of aryl methyl sites for hydroxylation is 1. The SMILES string of the molecule is Cc1nonc1CNC(C)c1ccc(Cl)cc1. The van der Waals surface area contributed by atoms with Crippen LogP contribution in [0.1, 0.15) is 29.9 Å². The number of hydrogen-bond donors (Lipinski definition) is 1. The van der Waals surface area contributed by atoms with Crippen molar-refractivity contribution in [2.45, 2.75) is 26.4 Å². The van der Waals surface area contributed by atoms with E-state index in [1.165, 1.54) is 5.56 Å². The molecule has 2 rings (SSSR count). The van der Waals surface area contributed by atoms with Gasteiger partial charge in [0.1, 0.15) is 11.4 Å². The molecule has 1 atom stereocenters. The molecule has 1 unspecified atom stereocenters. The predicted octanol–water partition coefficient (Wildman–Crippen LogP) is 2.88. The van der Waals surface area contributed by atoms with Crippen molar-refractivity contribution < 1.29 is 4.63 Å². The van der Waals surface area contributed by atoms with E-state index in [9.17, 15) is 0 Å². The zero-order chi connectivity index (χ0) is 12.3. The molecule has 1 heterocycles. The second kappa shape index (κ2) is 5.29. The molecule has 0 spiro atoms.